The third-order valence-electron chi connectivity index (χ3n) is 5.80. The molecule has 0 atom stereocenters. The van der Waals surface area contributed by atoms with Gasteiger partial charge in [-0.1, -0.05) is 11.9 Å². The van der Waals surface area contributed by atoms with Crippen LogP contribution in [0.15, 0.2) is 24.3 Å². The summed E-state index contributed by atoms with van der Waals surface area (Å²) < 4.78 is 50.1. The molecule has 2 aliphatic heterocycles. The number of hydrogen-bond donors (Lipinski definition) is 2. The smallest absolute Gasteiger partial charge is 0.416 e. The van der Waals surface area contributed by atoms with E-state index in [2.05, 4.69) is 0 Å². The summed E-state index contributed by atoms with van der Waals surface area (Å²) in [4.78, 5) is 26.0. The monoisotopic (exact) mass is 491 g/mol. The van der Waals surface area contributed by atoms with Gasteiger partial charge in [-0.3, -0.25) is 10.0 Å². The highest BCUT2D eigenvalue weighted by Gasteiger charge is 2.45. The number of hydrogen-bond acceptors (Lipinski definition) is 7. The average Bonchev–Trinajstić information content (AvgIpc) is 2.80. The molecule has 1 aromatic carbocycles. The van der Waals surface area contributed by atoms with Crippen LogP contribution < -0.4 is 10.2 Å². The molecule has 2 N–H and O–H groups in total. The second-order valence-electron chi connectivity index (χ2n) is 7.98. The molecule has 3 rings (SSSR count). The van der Waals surface area contributed by atoms with Crippen molar-refractivity contribution in [1.82, 2.24) is 14.7 Å². The number of nitrogens with zero attached hydrogens (tertiary/aromatic N) is 2. The predicted octanol–water partition coefficient (Wildman–Crippen LogP) is 3.69. The third-order valence-corrected chi connectivity index (χ3v) is 7.37. The number of likely N-dealkylation sites (tertiary alicyclic amines) is 1. The van der Waals surface area contributed by atoms with Crippen molar-refractivity contribution in [1.29, 1.82) is 0 Å². The Morgan fingerprint density at radius 3 is 2.27 bits per heavy atom. The van der Waals surface area contributed by atoms with Crippen molar-refractivity contribution in [3.8, 4) is 5.75 Å². The normalized spacial score (nSPS) is 19.7. The lowest BCUT2D eigenvalue weighted by Gasteiger charge is -2.42. The van der Waals surface area contributed by atoms with Gasteiger partial charge in [-0.05, 0) is 56.9 Å². The number of ether oxygens (including phenoxy) is 2. The topological polar surface area (TPSA) is 91.3 Å². The van der Waals surface area contributed by atoms with Gasteiger partial charge in [0.15, 0.2) is 0 Å². The molecule has 2 heterocycles. The fraction of sp³-hybridized carbons (Fsp3) is 0.619. The molecule has 12 heteroatoms. The molecule has 2 amide bonds. The van der Waals surface area contributed by atoms with Crippen molar-refractivity contribution in [2.24, 2.45) is 0 Å². The zero-order valence-corrected chi connectivity index (χ0v) is 19.1. The summed E-state index contributed by atoms with van der Waals surface area (Å²) in [7, 11) is 0. The lowest BCUT2D eigenvalue weighted by molar-refractivity contribution is -0.137. The van der Waals surface area contributed by atoms with E-state index in [1.54, 1.807) is 17.3 Å². The van der Waals surface area contributed by atoms with Gasteiger partial charge in [0.25, 0.3) is 5.91 Å². The lowest BCUT2D eigenvalue weighted by Crippen LogP contribution is -2.54. The maximum absolute atomic E-state index is 12.7. The number of hydroxylamine groups is 1. The van der Waals surface area contributed by atoms with Crippen LogP contribution in [-0.2, 0) is 15.7 Å². The van der Waals surface area contributed by atoms with Gasteiger partial charge < -0.3 is 14.4 Å². The van der Waals surface area contributed by atoms with E-state index in [0.717, 1.165) is 12.1 Å². The minimum atomic E-state index is -4.38. The molecule has 0 unspecified atom stereocenters. The van der Waals surface area contributed by atoms with Crippen molar-refractivity contribution in [2.75, 3.05) is 32.8 Å². The maximum Gasteiger partial charge on any atom is 0.416 e. The van der Waals surface area contributed by atoms with Crippen molar-refractivity contribution in [3.05, 3.63) is 29.8 Å². The number of rotatable bonds is 6. The van der Waals surface area contributed by atoms with E-state index in [-0.39, 0.29) is 12.7 Å². The fourth-order valence-corrected chi connectivity index (χ4v) is 5.31. The van der Waals surface area contributed by atoms with E-state index in [1.807, 2.05) is 4.31 Å². The molecule has 1 aromatic rings. The lowest BCUT2D eigenvalue weighted by atomic mass is 9.95. The number of carbonyl (C=O) groups is 2. The number of alkyl halides is 3. The van der Waals surface area contributed by atoms with Crippen LogP contribution in [0.1, 0.15) is 38.2 Å². The van der Waals surface area contributed by atoms with Crippen LogP contribution in [0.4, 0.5) is 18.0 Å². The van der Waals surface area contributed by atoms with E-state index < -0.39 is 28.5 Å². The molecule has 33 heavy (non-hydrogen) atoms. The largest absolute Gasteiger partial charge is 0.490 e. The predicted molar refractivity (Wildman–Crippen MR) is 115 cm³/mol. The Morgan fingerprint density at radius 2 is 1.76 bits per heavy atom. The van der Waals surface area contributed by atoms with Crippen LogP contribution in [0, 0.1) is 0 Å². The maximum atomic E-state index is 12.7. The summed E-state index contributed by atoms with van der Waals surface area (Å²) in [5.74, 6) is -0.115. The highest BCUT2D eigenvalue weighted by Crippen LogP contribution is 2.40. The number of amides is 2. The minimum Gasteiger partial charge on any atom is -0.490 e. The molecule has 0 bridgehead atoms. The van der Waals surface area contributed by atoms with Gasteiger partial charge in [0.1, 0.15) is 16.6 Å². The molecular formula is C21H28F3N3O5S. The number of piperidine rings is 2. The van der Waals surface area contributed by atoms with Crippen molar-refractivity contribution >= 4 is 23.9 Å². The molecule has 0 radical (unpaired) electrons. The zero-order valence-electron chi connectivity index (χ0n) is 18.3. The number of halogens is 3. The van der Waals surface area contributed by atoms with E-state index >= 15 is 0 Å². The van der Waals surface area contributed by atoms with Crippen molar-refractivity contribution in [2.45, 2.75) is 49.6 Å². The van der Waals surface area contributed by atoms with Crippen LogP contribution in [0.5, 0.6) is 5.75 Å². The SMILES string of the molecule is CCOC(=O)N1CCC(SN2CCC(Oc3ccc(C(F)(F)F)cc3)CC2)(C(=O)NO)CC1. The number of carbonyl (C=O) groups excluding carboxylic acids is 2. The molecule has 2 aliphatic rings. The Labute approximate surface area is 194 Å². The quantitative estimate of drug-likeness (QED) is 0.356. The Balaban J connectivity index is 1.53. The van der Waals surface area contributed by atoms with Crippen LogP contribution in [0.3, 0.4) is 0 Å². The van der Waals surface area contributed by atoms with E-state index in [9.17, 15) is 28.0 Å². The van der Waals surface area contributed by atoms with Gasteiger partial charge in [-0.2, -0.15) is 13.2 Å². The standard InChI is InChI=1S/C21H28F3N3O5S/c1-2-31-19(29)26-13-9-20(10-14-26,18(28)25-30)33-27-11-7-17(8-12-27)32-16-5-3-15(4-6-16)21(22,23)24/h3-6,17,30H,2,7-14H2,1H3,(H,25,28). The van der Waals surface area contributed by atoms with Gasteiger partial charge in [0, 0.05) is 26.2 Å². The Hall–Kier alpha value is -2.18. The molecule has 0 aromatic heterocycles. The summed E-state index contributed by atoms with van der Waals surface area (Å²) in [6.45, 7) is 3.90. The molecule has 0 saturated carbocycles. The Bertz CT molecular complexity index is 808. The molecule has 0 spiro atoms. The van der Waals surface area contributed by atoms with Crippen LogP contribution in [-0.4, -0.2) is 70.0 Å². The molecule has 8 nitrogen and oxygen atoms in total. The first kappa shape index (κ1) is 25.4. The summed E-state index contributed by atoms with van der Waals surface area (Å²) in [6.07, 6.45) is -2.94. The van der Waals surface area contributed by atoms with Crippen LogP contribution in [0.25, 0.3) is 0 Å². The number of nitrogens with one attached hydrogen (secondary N) is 1. The average molecular weight is 492 g/mol. The first-order valence-corrected chi connectivity index (χ1v) is 11.6. The molecular weight excluding hydrogens is 463 g/mol. The van der Waals surface area contributed by atoms with Crippen LogP contribution >= 0.6 is 11.9 Å². The molecule has 184 valence electrons. The van der Waals surface area contributed by atoms with Crippen molar-refractivity contribution < 1.29 is 37.4 Å². The van der Waals surface area contributed by atoms with Crippen LogP contribution in [0.2, 0.25) is 0 Å². The molecule has 2 fully saturated rings. The Morgan fingerprint density at radius 1 is 1.15 bits per heavy atom. The first-order chi connectivity index (χ1) is 15.7. The highest BCUT2D eigenvalue weighted by atomic mass is 32.2. The van der Waals surface area contributed by atoms with Gasteiger partial charge in [-0.15, -0.1) is 0 Å². The summed E-state index contributed by atoms with van der Waals surface area (Å²) in [5.41, 5.74) is 1.05. The van der Waals surface area contributed by atoms with Gasteiger partial charge in [-0.25, -0.2) is 14.6 Å². The van der Waals surface area contributed by atoms with E-state index in [4.69, 9.17) is 9.47 Å². The molecule has 2 saturated heterocycles. The first-order valence-electron chi connectivity index (χ1n) is 10.8. The fourth-order valence-electron chi connectivity index (χ4n) is 3.93. The summed E-state index contributed by atoms with van der Waals surface area (Å²) in [5, 5.41) is 9.29. The third kappa shape index (κ3) is 6.45. The van der Waals surface area contributed by atoms with Gasteiger partial charge >= 0.3 is 12.3 Å². The zero-order chi connectivity index (χ0) is 24.1. The number of benzene rings is 1. The second-order valence-corrected chi connectivity index (χ2v) is 9.46. The highest BCUT2D eigenvalue weighted by molar-refractivity contribution is 7.99. The Kier molecular flexibility index (Phi) is 8.35. The van der Waals surface area contributed by atoms with Gasteiger partial charge in [0.05, 0.1) is 12.2 Å². The summed E-state index contributed by atoms with van der Waals surface area (Å²) in [6, 6.07) is 4.64. The minimum absolute atomic E-state index is 0.146. The van der Waals surface area contributed by atoms with Crippen molar-refractivity contribution in [3.63, 3.8) is 0 Å². The van der Waals surface area contributed by atoms with Gasteiger partial charge in [0.2, 0.25) is 0 Å². The molecule has 0 aliphatic carbocycles. The second kappa shape index (κ2) is 10.8. The summed E-state index contributed by atoms with van der Waals surface area (Å²) >= 11 is 1.36. The van der Waals surface area contributed by atoms with E-state index in [1.165, 1.54) is 24.1 Å². The van der Waals surface area contributed by atoms with E-state index in [0.29, 0.717) is 57.6 Å².